The number of alkyl halides is 3. The van der Waals surface area contributed by atoms with Gasteiger partial charge in [0.25, 0.3) is 0 Å². The van der Waals surface area contributed by atoms with Crippen LogP contribution < -0.4 is 9.47 Å². The molecule has 88 valence electrons. The standard InChI is InChI=1S/C10H9BrF2O3/c1-2-15-9-5-8(16-10(11,12)13)4-3-7(9)6-14/h3-6H,2H2,1H3. The molecule has 0 amide bonds. The van der Waals surface area contributed by atoms with E-state index >= 15 is 0 Å². The summed E-state index contributed by atoms with van der Waals surface area (Å²) < 4.78 is 34.4. The van der Waals surface area contributed by atoms with Crippen LogP contribution >= 0.6 is 15.9 Å². The fraction of sp³-hybridized carbons (Fsp3) is 0.300. The molecule has 0 N–H and O–H groups in total. The number of carbonyl (C=O) groups excluding carboxylic acids is 1. The Labute approximate surface area is 99.5 Å². The van der Waals surface area contributed by atoms with Crippen molar-refractivity contribution in [1.29, 1.82) is 0 Å². The predicted octanol–water partition coefficient (Wildman–Crippen LogP) is 3.22. The van der Waals surface area contributed by atoms with Crippen LogP contribution in [-0.2, 0) is 0 Å². The third-order valence-corrected chi connectivity index (χ3v) is 1.81. The predicted molar refractivity (Wildman–Crippen MR) is 57.5 cm³/mol. The van der Waals surface area contributed by atoms with Crippen LogP contribution in [0.2, 0.25) is 0 Å². The van der Waals surface area contributed by atoms with E-state index in [-0.39, 0.29) is 17.1 Å². The molecule has 0 spiro atoms. The molecule has 1 aromatic carbocycles. The molecule has 0 heterocycles. The number of hydrogen-bond donors (Lipinski definition) is 0. The van der Waals surface area contributed by atoms with E-state index in [1.807, 2.05) is 15.9 Å². The number of carbonyl (C=O) groups is 1. The van der Waals surface area contributed by atoms with Crippen LogP contribution in [0, 0.1) is 0 Å². The van der Waals surface area contributed by atoms with Crippen molar-refractivity contribution in [1.82, 2.24) is 0 Å². The van der Waals surface area contributed by atoms with E-state index < -0.39 is 5.02 Å². The molecule has 0 saturated heterocycles. The third kappa shape index (κ3) is 3.77. The van der Waals surface area contributed by atoms with Gasteiger partial charge in [0.15, 0.2) is 6.29 Å². The molecule has 0 radical (unpaired) electrons. The van der Waals surface area contributed by atoms with Gasteiger partial charge in [0.1, 0.15) is 11.5 Å². The van der Waals surface area contributed by atoms with E-state index in [9.17, 15) is 13.6 Å². The molecule has 0 saturated carbocycles. The smallest absolute Gasteiger partial charge is 0.459 e. The van der Waals surface area contributed by atoms with Gasteiger partial charge in [0.2, 0.25) is 0 Å². The van der Waals surface area contributed by atoms with E-state index in [0.29, 0.717) is 12.9 Å². The van der Waals surface area contributed by atoms with Crippen molar-refractivity contribution in [3.8, 4) is 11.5 Å². The van der Waals surface area contributed by atoms with Gasteiger partial charge in [0.05, 0.1) is 12.2 Å². The fourth-order valence-corrected chi connectivity index (χ4v) is 1.28. The Balaban J connectivity index is 2.97. The average Bonchev–Trinajstić information content (AvgIpc) is 2.16. The zero-order valence-electron chi connectivity index (χ0n) is 8.38. The molecular weight excluding hydrogens is 286 g/mol. The van der Waals surface area contributed by atoms with Crippen LogP contribution in [-0.4, -0.2) is 17.9 Å². The van der Waals surface area contributed by atoms with Gasteiger partial charge in [-0.15, -0.1) is 0 Å². The van der Waals surface area contributed by atoms with Crippen molar-refractivity contribution in [2.45, 2.75) is 11.9 Å². The van der Waals surface area contributed by atoms with Gasteiger partial charge in [-0.1, -0.05) is 0 Å². The van der Waals surface area contributed by atoms with Gasteiger partial charge in [-0.3, -0.25) is 4.79 Å². The quantitative estimate of drug-likeness (QED) is 0.618. The van der Waals surface area contributed by atoms with Gasteiger partial charge < -0.3 is 9.47 Å². The van der Waals surface area contributed by atoms with Gasteiger partial charge in [-0.05, 0) is 19.1 Å². The second kappa shape index (κ2) is 5.25. The summed E-state index contributed by atoms with van der Waals surface area (Å²) in [6.07, 6.45) is 0.584. The van der Waals surface area contributed by atoms with Crippen LogP contribution in [0.3, 0.4) is 0 Å². The molecule has 1 aromatic rings. The van der Waals surface area contributed by atoms with E-state index in [2.05, 4.69) is 4.74 Å². The summed E-state index contributed by atoms with van der Waals surface area (Å²) in [5.41, 5.74) is 0.284. The van der Waals surface area contributed by atoms with Crippen molar-refractivity contribution in [2.75, 3.05) is 6.61 Å². The minimum absolute atomic E-state index is 0.0871. The largest absolute Gasteiger partial charge is 0.493 e. The highest BCUT2D eigenvalue weighted by Crippen LogP contribution is 2.30. The summed E-state index contributed by atoms with van der Waals surface area (Å²) in [6, 6.07) is 3.86. The molecule has 16 heavy (non-hydrogen) atoms. The third-order valence-electron chi connectivity index (χ3n) is 1.65. The van der Waals surface area contributed by atoms with Crippen molar-refractivity contribution in [3.05, 3.63) is 23.8 Å². The first-order valence-electron chi connectivity index (χ1n) is 4.44. The lowest BCUT2D eigenvalue weighted by atomic mass is 10.2. The zero-order valence-corrected chi connectivity index (χ0v) is 9.96. The molecule has 0 atom stereocenters. The topological polar surface area (TPSA) is 35.5 Å². The number of halogens is 3. The summed E-state index contributed by atoms with van der Waals surface area (Å²) in [4.78, 5) is 10.6. The molecule has 0 aliphatic heterocycles. The highest BCUT2D eigenvalue weighted by Gasteiger charge is 2.26. The summed E-state index contributed by atoms with van der Waals surface area (Å²) in [5.74, 6) is 0.127. The van der Waals surface area contributed by atoms with Gasteiger partial charge >= 0.3 is 5.02 Å². The summed E-state index contributed by atoms with van der Waals surface area (Å²) in [7, 11) is 0. The number of rotatable bonds is 5. The normalized spacial score (nSPS) is 11.0. The van der Waals surface area contributed by atoms with Gasteiger partial charge in [-0.2, -0.15) is 8.78 Å². The maximum Gasteiger partial charge on any atom is 0.459 e. The second-order valence-corrected chi connectivity index (χ2v) is 3.72. The van der Waals surface area contributed by atoms with E-state index in [1.54, 1.807) is 6.92 Å². The van der Waals surface area contributed by atoms with E-state index in [0.717, 1.165) is 0 Å². The van der Waals surface area contributed by atoms with Gasteiger partial charge in [-0.25, -0.2) is 0 Å². The Kier molecular flexibility index (Phi) is 4.23. The highest BCUT2D eigenvalue weighted by atomic mass is 79.9. The molecule has 0 bridgehead atoms. The summed E-state index contributed by atoms with van der Waals surface area (Å²) in [6.45, 7) is 2.05. The highest BCUT2D eigenvalue weighted by molar-refractivity contribution is 9.09. The number of benzene rings is 1. The minimum Gasteiger partial charge on any atom is -0.493 e. The Morgan fingerprint density at radius 2 is 2.19 bits per heavy atom. The molecule has 6 heteroatoms. The van der Waals surface area contributed by atoms with Crippen molar-refractivity contribution in [2.24, 2.45) is 0 Å². The van der Waals surface area contributed by atoms with Crippen LogP contribution in [0.5, 0.6) is 11.5 Å². The first kappa shape index (κ1) is 12.9. The number of hydrogen-bond acceptors (Lipinski definition) is 3. The Bertz CT molecular complexity index is 377. The first-order chi connectivity index (χ1) is 7.46. The second-order valence-electron chi connectivity index (χ2n) is 2.80. The Hall–Kier alpha value is -1.17. The van der Waals surface area contributed by atoms with Crippen molar-refractivity contribution < 1.29 is 23.0 Å². The van der Waals surface area contributed by atoms with Crippen molar-refractivity contribution >= 4 is 22.2 Å². The Morgan fingerprint density at radius 1 is 1.50 bits per heavy atom. The summed E-state index contributed by atoms with van der Waals surface area (Å²) >= 11 is 2.05. The molecule has 0 aliphatic rings. The van der Waals surface area contributed by atoms with Crippen LogP contribution in [0.1, 0.15) is 17.3 Å². The maximum atomic E-state index is 12.5. The van der Waals surface area contributed by atoms with Crippen LogP contribution in [0.25, 0.3) is 0 Å². The monoisotopic (exact) mass is 294 g/mol. The fourth-order valence-electron chi connectivity index (χ4n) is 1.09. The van der Waals surface area contributed by atoms with E-state index in [4.69, 9.17) is 4.74 Å². The summed E-state index contributed by atoms with van der Waals surface area (Å²) in [5, 5.41) is -3.45. The van der Waals surface area contributed by atoms with Crippen LogP contribution in [0.4, 0.5) is 8.78 Å². The lowest BCUT2D eigenvalue weighted by Crippen LogP contribution is -2.15. The molecule has 0 fully saturated rings. The van der Waals surface area contributed by atoms with Crippen LogP contribution in [0.15, 0.2) is 18.2 Å². The molecule has 0 aromatic heterocycles. The SMILES string of the molecule is CCOc1cc(OC(F)(F)Br)ccc1C=O. The van der Waals surface area contributed by atoms with Crippen molar-refractivity contribution in [3.63, 3.8) is 0 Å². The molecule has 3 nitrogen and oxygen atoms in total. The minimum atomic E-state index is -3.45. The Morgan fingerprint density at radius 3 is 2.69 bits per heavy atom. The lowest BCUT2D eigenvalue weighted by Gasteiger charge is -2.13. The number of ether oxygens (including phenoxy) is 2. The molecular formula is C10H9BrF2O3. The van der Waals surface area contributed by atoms with Gasteiger partial charge in [0, 0.05) is 22.0 Å². The average molecular weight is 295 g/mol. The lowest BCUT2D eigenvalue weighted by molar-refractivity contribution is -0.0803. The molecule has 0 aliphatic carbocycles. The first-order valence-corrected chi connectivity index (χ1v) is 5.23. The maximum absolute atomic E-state index is 12.5. The molecule has 1 rings (SSSR count). The number of aldehydes is 1. The molecule has 0 unspecified atom stereocenters. The van der Waals surface area contributed by atoms with E-state index in [1.165, 1.54) is 18.2 Å². The zero-order chi connectivity index (χ0) is 12.2.